The summed E-state index contributed by atoms with van der Waals surface area (Å²) in [6, 6.07) is 16.1. The molecule has 9 atom stereocenters. The number of benzene rings is 4. The molecule has 0 radical (unpaired) electrons. The topological polar surface area (TPSA) is 345 Å². The molecule has 572 valence electrons. The van der Waals surface area contributed by atoms with Crippen LogP contribution in [0.4, 0.5) is 9.18 Å². The van der Waals surface area contributed by atoms with Gasteiger partial charge in [0.1, 0.15) is 58.6 Å². The number of aliphatic hydroxyl groups excluding tert-OH is 1. The lowest BCUT2D eigenvalue weighted by molar-refractivity contribution is -0.147. The van der Waals surface area contributed by atoms with E-state index in [9.17, 15) is 29.1 Å². The van der Waals surface area contributed by atoms with Gasteiger partial charge in [0.25, 0.3) is 0 Å². The number of allylic oxidation sites excluding steroid dienone is 1. The van der Waals surface area contributed by atoms with Crippen LogP contribution in [0.5, 0.6) is 5.75 Å². The van der Waals surface area contributed by atoms with Gasteiger partial charge in [-0.1, -0.05) is 85.3 Å². The third-order valence-electron chi connectivity index (χ3n) is 20.1. The van der Waals surface area contributed by atoms with Crippen molar-refractivity contribution in [2.75, 3.05) is 33.4 Å². The maximum atomic E-state index is 16.0. The van der Waals surface area contributed by atoms with Crippen molar-refractivity contribution in [2.24, 2.45) is 0 Å². The molecule has 9 amide bonds. The number of Topliss-reactive ketones (excluding diaryl/α,β-unsaturated/α-hetero) is 1. The molecule has 4 aliphatic rings. The second-order valence-corrected chi connectivity index (χ2v) is 29.4. The number of hydrogen-bond donors (Lipinski definition) is 8. The molecule has 8 N–H and O–H groups in total. The summed E-state index contributed by atoms with van der Waals surface area (Å²) in [7, 11) is 1.51. The van der Waals surface area contributed by atoms with Gasteiger partial charge >= 0.3 is 6.09 Å². The first-order valence-corrected chi connectivity index (χ1v) is 37.0. The summed E-state index contributed by atoms with van der Waals surface area (Å²) >= 11 is 0. The van der Waals surface area contributed by atoms with E-state index in [4.69, 9.17) is 14.2 Å². The highest BCUT2D eigenvalue weighted by Crippen LogP contribution is 2.33. The highest BCUT2D eigenvalue weighted by molar-refractivity contribution is 5.99. The summed E-state index contributed by atoms with van der Waals surface area (Å²) in [6.07, 6.45) is 7.27. The van der Waals surface area contributed by atoms with Gasteiger partial charge in [0.2, 0.25) is 47.3 Å². The standard InChI is InChI=1S/C79H100FN13O14/c1-9-61(48(2)94)83-68(97)21-12-10-11-20-67(96)82-43-54-25-22-52-30-33-81-76(103)79(7)32-16-34-93(79)75(102)63(39-51-23-27-59(105-8)28-24-51)85-72(99)69(49(3)95)87-73(100)70-66-31-35-92(70)74(101)64(41-56-44-90(65-29-26-57(80)42-60(56)65)46-58-47-91(89-88-58)45-55(54)38-52)84-71(98)62(86-77(104)107-78(4,5)6)40-53-19-15-18-50(37-53)17-13-14-36-106-66/h13-15,18-19,22-29,37-38,42,44,47,49,61-64,66,69-70,95H,9-12,16-17,20-21,30-36,39-41,43,45-46H2,1-8H3,(H,81,103)(H,82,96)(H,83,97)(H,84,98)(H,85,99)(H,86,104)(H,87,100)/b14-13+/t49-,61-,62+,63+,64+,66+,69+,70+,79+/m1/s1. The average molecular weight is 1470 g/mol. The number of methoxy groups -OCH3 is 1. The fraction of sp³-hybridized carbons (Fsp3) is 0.494. The fourth-order valence-electron chi connectivity index (χ4n) is 14.4. The third-order valence-corrected chi connectivity index (χ3v) is 20.1. The van der Waals surface area contributed by atoms with Crippen molar-refractivity contribution in [3.63, 3.8) is 0 Å². The maximum absolute atomic E-state index is 16.0. The van der Waals surface area contributed by atoms with E-state index in [0.29, 0.717) is 84.0 Å². The zero-order chi connectivity index (χ0) is 76.7. The number of carbonyl (C=O) groups excluding carboxylic acids is 10. The number of ketones is 1. The Labute approximate surface area is 622 Å². The Kier molecular flexibility index (Phi) is 26.5. The number of aliphatic hydroxyl groups is 1. The molecule has 0 saturated carbocycles. The Balaban J connectivity index is 1.02. The Morgan fingerprint density at radius 3 is 2.33 bits per heavy atom. The van der Waals surface area contributed by atoms with E-state index in [1.807, 2.05) is 54.0 Å². The summed E-state index contributed by atoms with van der Waals surface area (Å²) in [6.45, 7) is 11.8. The van der Waals surface area contributed by atoms with Crippen LogP contribution in [0.2, 0.25) is 0 Å². The van der Waals surface area contributed by atoms with E-state index < -0.39 is 107 Å². The van der Waals surface area contributed by atoms with Crippen LogP contribution in [0.25, 0.3) is 10.9 Å². The molecular weight excluding hydrogens is 1370 g/mol. The lowest BCUT2D eigenvalue weighted by atomic mass is 9.95. The molecule has 6 aromatic rings. The van der Waals surface area contributed by atoms with Gasteiger partial charge in [-0.05, 0) is 162 Å². The van der Waals surface area contributed by atoms with Crippen molar-refractivity contribution < 1.29 is 71.7 Å². The second-order valence-electron chi connectivity index (χ2n) is 29.4. The molecule has 107 heavy (non-hydrogen) atoms. The molecule has 12 bridgehead atoms. The number of unbranched alkanes of at least 4 members (excludes halogenated alkanes) is 2. The zero-order valence-corrected chi connectivity index (χ0v) is 62.2. The van der Waals surface area contributed by atoms with Crippen LogP contribution in [0.3, 0.4) is 0 Å². The monoisotopic (exact) mass is 1470 g/mol. The lowest BCUT2D eigenvalue weighted by Gasteiger charge is -2.37. The number of hydrogen-bond acceptors (Lipinski definition) is 16. The molecule has 0 unspecified atom stereocenters. The van der Waals surface area contributed by atoms with Gasteiger partial charge in [-0.2, -0.15) is 0 Å². The predicted molar refractivity (Wildman–Crippen MR) is 394 cm³/mol. The Bertz CT molecular complexity index is 4260. The number of halogens is 1. The number of rotatable bonds is 16. The zero-order valence-electron chi connectivity index (χ0n) is 62.2. The van der Waals surface area contributed by atoms with Crippen LogP contribution in [0.15, 0.2) is 109 Å². The van der Waals surface area contributed by atoms with Crippen molar-refractivity contribution >= 4 is 70.0 Å². The van der Waals surface area contributed by atoms with E-state index in [-0.39, 0.29) is 108 Å². The van der Waals surface area contributed by atoms with Crippen molar-refractivity contribution in [3.05, 3.63) is 160 Å². The molecule has 2 fully saturated rings. The Morgan fingerprint density at radius 2 is 1.59 bits per heavy atom. The van der Waals surface area contributed by atoms with Gasteiger partial charge < -0.3 is 70.9 Å². The lowest BCUT2D eigenvalue weighted by Crippen LogP contribution is -2.64. The number of fused-ring (bicyclic) bond motifs is 13. The molecule has 2 aromatic heterocycles. The fourth-order valence-corrected chi connectivity index (χ4v) is 14.4. The highest BCUT2D eigenvalue weighted by atomic mass is 19.1. The van der Waals surface area contributed by atoms with Gasteiger partial charge in [0, 0.05) is 75.4 Å². The number of nitrogens with one attached hydrogen (secondary N) is 7. The van der Waals surface area contributed by atoms with Crippen LogP contribution >= 0.6 is 0 Å². The molecule has 4 aliphatic heterocycles. The van der Waals surface area contributed by atoms with E-state index in [1.165, 1.54) is 42.9 Å². The molecule has 28 heteroatoms. The minimum absolute atomic E-state index is 0.0216. The van der Waals surface area contributed by atoms with E-state index >= 15 is 28.4 Å². The SMILES string of the molecule is CC[C@@H](NC(=O)CCCCCC(=O)NCc1ccc2cc1Cn1cc(nn1)Cn1cc(c3cc(F)ccc31)C[C@@H]1NC(=O)[C@@H](NC(=O)OC(C)(C)C)Cc3cccc(c3)C/C=C/CO[C@H]3CCN(C1=O)[C@@H]3C(=O)N[C@@H]([C@@H](C)O)C(=O)N[C@@H](Cc1ccc(OC)cc1)C(=O)N1CCC[C@@]1(C)C(=O)NCC2)C(C)=O. The minimum atomic E-state index is -1.76. The summed E-state index contributed by atoms with van der Waals surface area (Å²) in [5.74, 6) is -5.11. The smallest absolute Gasteiger partial charge is 0.408 e. The number of alkyl carbamates (subject to hydrolysis) is 1. The van der Waals surface area contributed by atoms with Crippen LogP contribution < -0.4 is 42.0 Å². The molecule has 0 spiro atoms. The Hall–Kier alpha value is -10.4. The van der Waals surface area contributed by atoms with Gasteiger partial charge in [-0.25, -0.2) is 13.9 Å². The number of carbonyl (C=O) groups is 10. The number of amides is 9. The van der Waals surface area contributed by atoms with Gasteiger partial charge in [-0.3, -0.25) is 43.2 Å². The molecule has 0 aliphatic carbocycles. The quantitative estimate of drug-likeness (QED) is 0.0442. The molecule has 6 heterocycles. The van der Waals surface area contributed by atoms with Gasteiger partial charge in [0.15, 0.2) is 5.78 Å². The first-order chi connectivity index (χ1) is 51.1. The predicted octanol–water partition coefficient (Wildman–Crippen LogP) is 5.44. The first kappa shape index (κ1) is 79.2. The molecule has 4 aromatic carbocycles. The highest BCUT2D eigenvalue weighted by Gasteiger charge is 2.49. The first-order valence-electron chi connectivity index (χ1n) is 37.0. The average Bonchev–Trinajstić information content (AvgIpc) is 1.63. The second kappa shape index (κ2) is 35.8. The molecule has 2 saturated heterocycles. The van der Waals surface area contributed by atoms with Crippen molar-refractivity contribution in [2.45, 2.75) is 218 Å². The van der Waals surface area contributed by atoms with E-state index in [2.05, 4.69) is 47.5 Å². The Morgan fingerprint density at radius 1 is 0.822 bits per heavy atom. The van der Waals surface area contributed by atoms with Crippen molar-refractivity contribution in [1.29, 1.82) is 0 Å². The van der Waals surface area contributed by atoms with Crippen LogP contribution in [-0.2, 0) is 104 Å². The number of ether oxygens (including phenoxy) is 3. The minimum Gasteiger partial charge on any atom is -0.497 e. The van der Waals surface area contributed by atoms with Crippen molar-refractivity contribution in [1.82, 2.24) is 66.6 Å². The van der Waals surface area contributed by atoms with Gasteiger partial charge in [-0.15, -0.1) is 5.10 Å². The molecule has 27 nitrogen and oxygen atoms in total. The van der Waals surface area contributed by atoms with Crippen LogP contribution in [0, 0.1) is 5.82 Å². The molecule has 10 rings (SSSR count). The van der Waals surface area contributed by atoms with E-state index in [0.717, 1.165) is 22.3 Å². The van der Waals surface area contributed by atoms with E-state index in [1.54, 1.807) is 87.2 Å². The normalized spacial score (nSPS) is 22.4. The summed E-state index contributed by atoms with van der Waals surface area (Å²) in [5.41, 5.74) is 3.48. The van der Waals surface area contributed by atoms with Crippen LogP contribution in [0.1, 0.15) is 151 Å². The van der Waals surface area contributed by atoms with Crippen molar-refractivity contribution in [3.8, 4) is 5.75 Å². The maximum Gasteiger partial charge on any atom is 0.408 e. The summed E-state index contributed by atoms with van der Waals surface area (Å²) in [4.78, 5) is 146. The number of aromatic nitrogens is 4. The largest absolute Gasteiger partial charge is 0.497 e. The van der Waals surface area contributed by atoms with Crippen LogP contribution in [-0.4, -0.2) is 187 Å². The summed E-state index contributed by atoms with van der Waals surface area (Å²) in [5, 5.41) is 41.2. The third kappa shape index (κ3) is 20.8. The molecular formula is C79H100FN13O14. The number of nitrogens with zero attached hydrogens (tertiary/aromatic N) is 6. The summed E-state index contributed by atoms with van der Waals surface area (Å²) < 4.78 is 36.8. The van der Waals surface area contributed by atoms with Gasteiger partial charge in [0.05, 0.1) is 51.3 Å².